The maximum atomic E-state index is 12.1. The number of halogens is 1. The lowest BCUT2D eigenvalue weighted by Gasteiger charge is -2.06. The second kappa shape index (κ2) is 6.29. The molecule has 0 saturated carbocycles. The number of hydrogen-bond donors (Lipinski definition) is 1. The van der Waals surface area contributed by atoms with Crippen LogP contribution in [0.5, 0.6) is 0 Å². The predicted octanol–water partition coefficient (Wildman–Crippen LogP) is 3.29. The Morgan fingerprint density at radius 2 is 1.78 bits per heavy atom. The van der Waals surface area contributed by atoms with Crippen molar-refractivity contribution in [2.45, 2.75) is 13.8 Å². The van der Waals surface area contributed by atoms with Crippen LogP contribution in [0.2, 0.25) is 0 Å². The number of anilines is 1. The highest BCUT2D eigenvalue weighted by molar-refractivity contribution is 9.10. The van der Waals surface area contributed by atoms with E-state index in [1.807, 2.05) is 32.0 Å². The number of carbonyl (C=O) groups is 1. The summed E-state index contributed by atoms with van der Waals surface area (Å²) in [7, 11) is 0. The van der Waals surface area contributed by atoms with Crippen LogP contribution >= 0.6 is 15.9 Å². The number of aromatic nitrogens is 4. The maximum absolute atomic E-state index is 12.1. The first-order chi connectivity index (χ1) is 11.0. The first-order valence-corrected chi connectivity index (χ1v) is 7.75. The van der Waals surface area contributed by atoms with Gasteiger partial charge < -0.3 is 5.32 Å². The average Bonchev–Trinajstić information content (AvgIpc) is 2.87. The number of nitrogens with zero attached hydrogens (tertiary/aromatic N) is 4. The highest BCUT2D eigenvalue weighted by atomic mass is 79.9. The van der Waals surface area contributed by atoms with Gasteiger partial charge in [0.05, 0.1) is 23.8 Å². The van der Waals surface area contributed by atoms with E-state index in [2.05, 4.69) is 36.3 Å². The summed E-state index contributed by atoms with van der Waals surface area (Å²) in [6, 6.07) is 9.07. The Balaban J connectivity index is 1.76. The van der Waals surface area contributed by atoms with E-state index >= 15 is 0 Å². The lowest BCUT2D eigenvalue weighted by molar-refractivity contribution is 0.102. The first kappa shape index (κ1) is 15.4. The Kier molecular flexibility index (Phi) is 4.20. The van der Waals surface area contributed by atoms with E-state index < -0.39 is 0 Å². The summed E-state index contributed by atoms with van der Waals surface area (Å²) in [5.41, 5.74) is 2.95. The molecule has 0 spiro atoms. The van der Waals surface area contributed by atoms with Gasteiger partial charge in [-0.1, -0.05) is 15.9 Å². The van der Waals surface area contributed by atoms with Gasteiger partial charge in [0.2, 0.25) is 0 Å². The van der Waals surface area contributed by atoms with Crippen molar-refractivity contribution < 1.29 is 4.79 Å². The van der Waals surface area contributed by atoms with E-state index in [0.717, 1.165) is 15.9 Å². The third-order valence-electron chi connectivity index (χ3n) is 3.20. The van der Waals surface area contributed by atoms with Crippen molar-refractivity contribution in [2.24, 2.45) is 0 Å². The van der Waals surface area contributed by atoms with Crippen molar-refractivity contribution in [1.29, 1.82) is 0 Å². The second-order valence-electron chi connectivity index (χ2n) is 5.07. The molecule has 3 aromatic rings. The Morgan fingerprint density at radius 3 is 2.35 bits per heavy atom. The summed E-state index contributed by atoms with van der Waals surface area (Å²) < 4.78 is 2.59. The molecule has 2 aromatic heterocycles. The molecule has 0 bridgehead atoms. The zero-order chi connectivity index (χ0) is 16.4. The fourth-order valence-electron chi connectivity index (χ4n) is 2.13. The summed E-state index contributed by atoms with van der Waals surface area (Å²) in [4.78, 5) is 20.6. The smallest absolute Gasteiger partial charge is 0.255 e. The maximum Gasteiger partial charge on any atom is 0.255 e. The lowest BCUT2D eigenvalue weighted by atomic mass is 10.2. The largest absolute Gasteiger partial charge is 0.319 e. The van der Waals surface area contributed by atoms with Crippen molar-refractivity contribution in [3.05, 3.63) is 64.1 Å². The highest BCUT2D eigenvalue weighted by Gasteiger charge is 2.09. The first-order valence-electron chi connectivity index (χ1n) is 6.95. The van der Waals surface area contributed by atoms with Crippen LogP contribution in [-0.2, 0) is 0 Å². The molecule has 7 heteroatoms. The molecule has 6 nitrogen and oxygen atoms in total. The van der Waals surface area contributed by atoms with Gasteiger partial charge in [-0.15, -0.1) is 0 Å². The molecular weight excluding hydrogens is 358 g/mol. The number of nitrogens with one attached hydrogen (secondary N) is 1. The van der Waals surface area contributed by atoms with Gasteiger partial charge in [0.1, 0.15) is 0 Å². The zero-order valence-corrected chi connectivity index (χ0v) is 14.2. The molecule has 0 aliphatic heterocycles. The average molecular weight is 372 g/mol. The molecule has 0 saturated heterocycles. The summed E-state index contributed by atoms with van der Waals surface area (Å²) in [6.45, 7) is 3.85. The van der Waals surface area contributed by atoms with Gasteiger partial charge in [0.25, 0.3) is 11.9 Å². The standard InChI is InChI=1S/C16H14BrN5O/c1-10-7-11(2)22(21-10)16-18-8-14(9-19-16)20-15(23)12-3-5-13(17)6-4-12/h3-9H,1-2H3,(H,20,23). The minimum absolute atomic E-state index is 0.208. The van der Waals surface area contributed by atoms with Crippen molar-refractivity contribution in [2.75, 3.05) is 5.32 Å². The van der Waals surface area contributed by atoms with Gasteiger partial charge in [0.15, 0.2) is 0 Å². The van der Waals surface area contributed by atoms with E-state index in [-0.39, 0.29) is 5.91 Å². The molecule has 0 atom stereocenters. The monoisotopic (exact) mass is 371 g/mol. The van der Waals surface area contributed by atoms with Crippen LogP contribution in [-0.4, -0.2) is 25.7 Å². The van der Waals surface area contributed by atoms with Crippen LogP contribution in [0.3, 0.4) is 0 Å². The van der Waals surface area contributed by atoms with Crippen LogP contribution in [0.4, 0.5) is 5.69 Å². The molecule has 0 aliphatic rings. The van der Waals surface area contributed by atoms with Gasteiger partial charge in [-0.25, -0.2) is 14.6 Å². The zero-order valence-electron chi connectivity index (χ0n) is 12.6. The predicted molar refractivity (Wildman–Crippen MR) is 90.7 cm³/mol. The van der Waals surface area contributed by atoms with Crippen molar-refractivity contribution in [3.63, 3.8) is 0 Å². The Morgan fingerprint density at radius 1 is 1.13 bits per heavy atom. The van der Waals surface area contributed by atoms with Crippen molar-refractivity contribution in [3.8, 4) is 5.95 Å². The van der Waals surface area contributed by atoms with E-state index in [4.69, 9.17) is 0 Å². The molecule has 1 aromatic carbocycles. The molecule has 0 aliphatic carbocycles. The third kappa shape index (κ3) is 3.45. The number of carbonyl (C=O) groups excluding carboxylic acids is 1. The van der Waals surface area contributed by atoms with E-state index in [9.17, 15) is 4.79 Å². The fraction of sp³-hybridized carbons (Fsp3) is 0.125. The molecule has 2 heterocycles. The molecule has 0 radical (unpaired) electrons. The van der Waals surface area contributed by atoms with Crippen LogP contribution < -0.4 is 5.32 Å². The number of benzene rings is 1. The summed E-state index contributed by atoms with van der Waals surface area (Å²) in [6.07, 6.45) is 3.13. The summed E-state index contributed by atoms with van der Waals surface area (Å²) in [5, 5.41) is 7.09. The molecule has 0 fully saturated rings. The minimum Gasteiger partial charge on any atom is -0.319 e. The van der Waals surface area contributed by atoms with E-state index in [1.54, 1.807) is 29.2 Å². The summed E-state index contributed by atoms with van der Waals surface area (Å²) in [5.74, 6) is 0.261. The topological polar surface area (TPSA) is 72.7 Å². The summed E-state index contributed by atoms with van der Waals surface area (Å²) >= 11 is 3.34. The van der Waals surface area contributed by atoms with Gasteiger partial charge >= 0.3 is 0 Å². The molecule has 116 valence electrons. The number of amides is 1. The molecule has 1 N–H and O–H groups in total. The molecule has 1 amide bonds. The molecular formula is C16H14BrN5O. The Labute approximate surface area is 141 Å². The number of aryl methyl sites for hydroxylation is 2. The number of hydrogen-bond acceptors (Lipinski definition) is 4. The second-order valence-corrected chi connectivity index (χ2v) is 5.99. The fourth-order valence-corrected chi connectivity index (χ4v) is 2.40. The molecule has 0 unspecified atom stereocenters. The van der Waals surface area contributed by atoms with E-state index in [0.29, 0.717) is 17.2 Å². The van der Waals surface area contributed by atoms with Gasteiger partial charge in [-0.3, -0.25) is 4.79 Å². The highest BCUT2D eigenvalue weighted by Crippen LogP contribution is 2.13. The Bertz CT molecular complexity index is 840. The third-order valence-corrected chi connectivity index (χ3v) is 3.73. The van der Waals surface area contributed by atoms with Crippen LogP contribution in [0.15, 0.2) is 47.2 Å². The van der Waals surface area contributed by atoms with Crippen LogP contribution in [0.1, 0.15) is 21.7 Å². The molecule has 3 rings (SSSR count). The van der Waals surface area contributed by atoms with Gasteiger partial charge in [-0.05, 0) is 44.2 Å². The lowest BCUT2D eigenvalue weighted by Crippen LogP contribution is -2.13. The SMILES string of the molecule is Cc1cc(C)n(-c2ncc(NC(=O)c3ccc(Br)cc3)cn2)n1. The van der Waals surface area contributed by atoms with Crippen LogP contribution in [0.25, 0.3) is 5.95 Å². The molecule has 23 heavy (non-hydrogen) atoms. The Hall–Kier alpha value is -2.54. The minimum atomic E-state index is -0.208. The normalized spacial score (nSPS) is 10.6. The van der Waals surface area contributed by atoms with E-state index in [1.165, 1.54) is 0 Å². The van der Waals surface area contributed by atoms with Gasteiger partial charge in [-0.2, -0.15) is 5.10 Å². The quantitative estimate of drug-likeness (QED) is 0.766. The van der Waals surface area contributed by atoms with Crippen molar-refractivity contribution >= 4 is 27.5 Å². The number of rotatable bonds is 3. The van der Waals surface area contributed by atoms with Crippen LogP contribution in [0, 0.1) is 13.8 Å². The van der Waals surface area contributed by atoms with Gasteiger partial charge in [0, 0.05) is 15.7 Å². The van der Waals surface area contributed by atoms with Crippen molar-refractivity contribution in [1.82, 2.24) is 19.7 Å².